The summed E-state index contributed by atoms with van der Waals surface area (Å²) < 4.78 is 0. The van der Waals surface area contributed by atoms with Crippen LogP contribution in [-0.4, -0.2) is 52.4 Å². The third-order valence-corrected chi connectivity index (χ3v) is 5.38. The summed E-state index contributed by atoms with van der Waals surface area (Å²) in [4.78, 5) is 25.5. The lowest BCUT2D eigenvalue weighted by Crippen LogP contribution is -2.40. The molecular formula is C18H24N4OS. The van der Waals surface area contributed by atoms with Crippen molar-refractivity contribution < 1.29 is 4.79 Å². The fourth-order valence-electron chi connectivity index (χ4n) is 3.13. The van der Waals surface area contributed by atoms with Gasteiger partial charge in [0.05, 0.1) is 10.7 Å². The number of nitrogens with zero attached hydrogens (tertiary/aromatic N) is 4. The maximum atomic E-state index is 12.5. The van der Waals surface area contributed by atoms with E-state index in [1.165, 1.54) is 5.01 Å². The second-order valence-electron chi connectivity index (χ2n) is 6.36. The first kappa shape index (κ1) is 17.0. The van der Waals surface area contributed by atoms with Crippen LogP contribution in [0.4, 0.5) is 0 Å². The Hall–Kier alpha value is -1.79. The molecule has 0 aromatic carbocycles. The number of likely N-dealkylation sites (tertiary alicyclic amines) is 1. The molecule has 0 saturated carbocycles. The summed E-state index contributed by atoms with van der Waals surface area (Å²) in [6, 6.07) is 5.93. The molecule has 1 aliphatic heterocycles. The van der Waals surface area contributed by atoms with Crippen molar-refractivity contribution in [2.75, 3.05) is 26.7 Å². The number of amides is 1. The number of thiazole rings is 1. The summed E-state index contributed by atoms with van der Waals surface area (Å²) in [5.41, 5.74) is 1.04. The van der Waals surface area contributed by atoms with Crippen LogP contribution in [0.5, 0.6) is 0 Å². The molecule has 0 bridgehead atoms. The molecule has 1 fully saturated rings. The number of piperidine rings is 1. The minimum absolute atomic E-state index is 0.254. The first-order valence-corrected chi connectivity index (χ1v) is 9.36. The molecule has 1 saturated heterocycles. The maximum Gasteiger partial charge on any atom is 0.223 e. The molecule has 0 unspecified atom stereocenters. The van der Waals surface area contributed by atoms with Crippen molar-refractivity contribution in [1.82, 2.24) is 19.8 Å². The average molecular weight is 344 g/mol. The number of aromatic nitrogens is 2. The van der Waals surface area contributed by atoms with Crippen molar-refractivity contribution >= 4 is 17.2 Å². The molecule has 1 amide bonds. The monoisotopic (exact) mass is 344 g/mol. The number of hydrogen-bond acceptors (Lipinski definition) is 5. The Kier molecular flexibility index (Phi) is 5.93. The van der Waals surface area contributed by atoms with E-state index < -0.39 is 0 Å². The first-order chi connectivity index (χ1) is 11.7. The molecule has 3 rings (SSSR count). The van der Waals surface area contributed by atoms with E-state index in [2.05, 4.69) is 14.9 Å². The average Bonchev–Trinajstić information content (AvgIpc) is 3.15. The molecule has 128 valence electrons. The van der Waals surface area contributed by atoms with Crippen LogP contribution in [0.15, 0.2) is 36.0 Å². The van der Waals surface area contributed by atoms with E-state index in [4.69, 9.17) is 0 Å². The number of hydrogen-bond donors (Lipinski definition) is 0. The second-order valence-corrected chi connectivity index (χ2v) is 7.28. The zero-order chi connectivity index (χ0) is 16.8. The Labute approximate surface area is 147 Å². The van der Waals surface area contributed by atoms with Gasteiger partial charge in [-0.15, -0.1) is 11.3 Å². The van der Waals surface area contributed by atoms with E-state index in [0.29, 0.717) is 12.3 Å². The topological polar surface area (TPSA) is 49.3 Å². The lowest BCUT2D eigenvalue weighted by atomic mass is 9.98. The summed E-state index contributed by atoms with van der Waals surface area (Å²) in [5, 5.41) is 3.18. The highest BCUT2D eigenvalue weighted by atomic mass is 32.1. The van der Waals surface area contributed by atoms with Crippen LogP contribution in [0.3, 0.4) is 0 Å². The van der Waals surface area contributed by atoms with Crippen LogP contribution < -0.4 is 0 Å². The van der Waals surface area contributed by atoms with Crippen molar-refractivity contribution in [3.05, 3.63) is 46.7 Å². The molecule has 0 spiro atoms. The third-order valence-electron chi connectivity index (χ3n) is 4.44. The molecule has 3 heterocycles. The molecule has 1 aliphatic rings. The van der Waals surface area contributed by atoms with Crippen LogP contribution in [-0.2, 0) is 11.3 Å². The van der Waals surface area contributed by atoms with E-state index in [1.54, 1.807) is 17.5 Å². The van der Waals surface area contributed by atoms with Crippen LogP contribution in [0.25, 0.3) is 0 Å². The number of carbonyl (C=O) groups is 1. The number of pyridine rings is 1. The molecule has 1 atom stereocenters. The molecule has 2 aromatic heterocycles. The summed E-state index contributed by atoms with van der Waals surface area (Å²) in [6.45, 7) is 3.23. The third kappa shape index (κ3) is 4.61. The van der Waals surface area contributed by atoms with Gasteiger partial charge in [-0.2, -0.15) is 0 Å². The van der Waals surface area contributed by atoms with E-state index in [9.17, 15) is 4.79 Å². The van der Waals surface area contributed by atoms with Crippen molar-refractivity contribution in [2.24, 2.45) is 0 Å². The summed E-state index contributed by atoms with van der Waals surface area (Å²) in [5.74, 6) is 0.665. The van der Waals surface area contributed by atoms with Crippen LogP contribution in [0.2, 0.25) is 0 Å². The van der Waals surface area contributed by atoms with Gasteiger partial charge in [-0.3, -0.25) is 9.78 Å². The molecule has 2 aromatic rings. The first-order valence-electron chi connectivity index (χ1n) is 8.48. The van der Waals surface area contributed by atoms with Crippen molar-refractivity contribution in [1.29, 1.82) is 0 Å². The largest absolute Gasteiger partial charge is 0.342 e. The lowest BCUT2D eigenvalue weighted by molar-refractivity contribution is -0.132. The maximum absolute atomic E-state index is 12.5. The van der Waals surface area contributed by atoms with Gasteiger partial charge in [0.15, 0.2) is 0 Å². The molecular weight excluding hydrogens is 320 g/mol. The van der Waals surface area contributed by atoms with Crippen molar-refractivity contribution in [3.8, 4) is 0 Å². The van der Waals surface area contributed by atoms with Crippen LogP contribution >= 0.6 is 11.3 Å². The SMILES string of the molecule is CN(CCC(=O)N1CCC[C@@H](c2nccs2)C1)Cc1ccccn1. The van der Waals surface area contributed by atoms with E-state index >= 15 is 0 Å². The van der Waals surface area contributed by atoms with Gasteiger partial charge in [0, 0.05) is 56.3 Å². The fourth-order valence-corrected chi connectivity index (χ4v) is 3.90. The minimum atomic E-state index is 0.254. The van der Waals surface area contributed by atoms with Crippen LogP contribution in [0, 0.1) is 0 Å². The molecule has 5 nitrogen and oxygen atoms in total. The Morgan fingerprint density at radius 3 is 3.04 bits per heavy atom. The van der Waals surface area contributed by atoms with E-state index in [0.717, 1.165) is 44.7 Å². The van der Waals surface area contributed by atoms with Crippen molar-refractivity contribution in [3.63, 3.8) is 0 Å². The minimum Gasteiger partial charge on any atom is -0.342 e. The van der Waals surface area contributed by atoms with Gasteiger partial charge in [-0.1, -0.05) is 6.07 Å². The fraction of sp³-hybridized carbons (Fsp3) is 0.500. The highest BCUT2D eigenvalue weighted by Crippen LogP contribution is 2.28. The van der Waals surface area contributed by atoms with Crippen molar-refractivity contribution in [2.45, 2.75) is 31.7 Å². The Bertz CT molecular complexity index is 632. The van der Waals surface area contributed by atoms with E-state index in [-0.39, 0.29) is 5.91 Å². The summed E-state index contributed by atoms with van der Waals surface area (Å²) >= 11 is 1.70. The molecule has 0 aliphatic carbocycles. The van der Waals surface area contributed by atoms with E-state index in [1.807, 2.05) is 41.7 Å². The summed E-state index contributed by atoms with van der Waals surface area (Å²) in [7, 11) is 2.04. The smallest absolute Gasteiger partial charge is 0.223 e. The highest BCUT2D eigenvalue weighted by molar-refractivity contribution is 7.09. The standard InChI is InChI=1S/C18H24N4OS/c1-21(14-16-6-2-3-8-19-16)11-7-17(23)22-10-4-5-15(13-22)18-20-9-12-24-18/h2-3,6,8-9,12,15H,4-5,7,10-11,13-14H2,1H3/t15-/m1/s1. The molecule has 0 radical (unpaired) electrons. The zero-order valence-corrected chi connectivity index (χ0v) is 14.9. The van der Waals surface area contributed by atoms with Crippen LogP contribution in [0.1, 0.15) is 35.9 Å². The normalized spacial score (nSPS) is 18.1. The quantitative estimate of drug-likeness (QED) is 0.808. The van der Waals surface area contributed by atoms with Gasteiger partial charge in [0.1, 0.15) is 0 Å². The van der Waals surface area contributed by atoms with Gasteiger partial charge < -0.3 is 9.80 Å². The lowest BCUT2D eigenvalue weighted by Gasteiger charge is -2.32. The Balaban J connectivity index is 1.46. The van der Waals surface area contributed by atoms with Gasteiger partial charge >= 0.3 is 0 Å². The highest BCUT2D eigenvalue weighted by Gasteiger charge is 2.26. The Morgan fingerprint density at radius 2 is 2.29 bits per heavy atom. The second kappa shape index (κ2) is 8.35. The van der Waals surface area contributed by atoms with Gasteiger partial charge in [0.2, 0.25) is 5.91 Å². The molecule has 6 heteroatoms. The predicted molar refractivity (Wildman–Crippen MR) is 95.9 cm³/mol. The predicted octanol–water partition coefficient (Wildman–Crippen LogP) is 2.77. The number of carbonyl (C=O) groups excluding carboxylic acids is 1. The van der Waals surface area contributed by atoms with Gasteiger partial charge in [-0.05, 0) is 32.0 Å². The zero-order valence-electron chi connectivity index (χ0n) is 14.1. The number of rotatable bonds is 6. The molecule has 0 N–H and O–H groups in total. The molecule has 24 heavy (non-hydrogen) atoms. The Morgan fingerprint density at radius 1 is 1.38 bits per heavy atom. The summed E-state index contributed by atoms with van der Waals surface area (Å²) in [6.07, 6.45) is 6.43. The van der Waals surface area contributed by atoms with Gasteiger partial charge in [-0.25, -0.2) is 4.98 Å². The van der Waals surface area contributed by atoms with Gasteiger partial charge in [0.25, 0.3) is 0 Å².